The average molecular weight is 206 g/mol. The van der Waals surface area contributed by atoms with Gasteiger partial charge in [-0.2, -0.15) is 0 Å². The monoisotopic (exact) mass is 206 g/mol. The van der Waals surface area contributed by atoms with Gasteiger partial charge < -0.3 is 15.0 Å². The van der Waals surface area contributed by atoms with Gasteiger partial charge in [0.2, 0.25) is 0 Å². The van der Waals surface area contributed by atoms with E-state index in [9.17, 15) is 0 Å². The number of nitrogens with one attached hydrogen (secondary N) is 1. The van der Waals surface area contributed by atoms with E-state index in [1.807, 2.05) is 0 Å². The Balaban J connectivity index is 2.20. The lowest BCUT2D eigenvalue weighted by molar-refractivity contribution is 0.0881. The van der Waals surface area contributed by atoms with Crippen LogP contribution in [-0.2, 0) is 4.74 Å². The van der Waals surface area contributed by atoms with Crippen molar-refractivity contribution in [3.8, 4) is 0 Å². The Kier molecular flexibility index (Phi) is 3.23. The standard InChI is InChI=1S/C12H18N2O/c1-10-4-3-5-11(8-10)14-7-6-13-9-12(14)15-2/h3-5,8,12-13H,6-7,9H2,1-2H3. The van der Waals surface area contributed by atoms with E-state index in [-0.39, 0.29) is 6.23 Å². The van der Waals surface area contributed by atoms with Crippen LogP contribution in [0.4, 0.5) is 5.69 Å². The topological polar surface area (TPSA) is 24.5 Å². The third-order valence-corrected chi connectivity index (χ3v) is 2.80. The SMILES string of the molecule is COC1CNCCN1c1cccc(C)c1. The first-order chi connectivity index (χ1) is 7.31. The van der Waals surface area contributed by atoms with Gasteiger partial charge in [0.05, 0.1) is 0 Å². The highest BCUT2D eigenvalue weighted by Gasteiger charge is 2.21. The number of ether oxygens (including phenoxy) is 1. The maximum atomic E-state index is 5.46. The molecule has 1 heterocycles. The number of hydrogen-bond donors (Lipinski definition) is 1. The summed E-state index contributed by atoms with van der Waals surface area (Å²) in [6.07, 6.45) is 0.153. The van der Waals surface area contributed by atoms with E-state index in [2.05, 4.69) is 41.4 Å². The van der Waals surface area contributed by atoms with Gasteiger partial charge in [0.15, 0.2) is 0 Å². The molecule has 15 heavy (non-hydrogen) atoms. The minimum atomic E-state index is 0.153. The Morgan fingerprint density at radius 1 is 1.47 bits per heavy atom. The zero-order valence-corrected chi connectivity index (χ0v) is 9.36. The van der Waals surface area contributed by atoms with Gasteiger partial charge in [0, 0.05) is 32.4 Å². The van der Waals surface area contributed by atoms with Crippen LogP contribution in [-0.4, -0.2) is 33.0 Å². The van der Waals surface area contributed by atoms with Crippen molar-refractivity contribution in [3.05, 3.63) is 29.8 Å². The number of aryl methyl sites for hydroxylation is 1. The minimum absolute atomic E-state index is 0.153. The molecule has 1 fully saturated rings. The summed E-state index contributed by atoms with van der Waals surface area (Å²) in [7, 11) is 1.76. The van der Waals surface area contributed by atoms with E-state index in [1.54, 1.807) is 7.11 Å². The maximum Gasteiger partial charge on any atom is 0.142 e. The van der Waals surface area contributed by atoms with Crippen molar-refractivity contribution in [1.82, 2.24) is 5.32 Å². The number of anilines is 1. The van der Waals surface area contributed by atoms with Crippen molar-refractivity contribution in [1.29, 1.82) is 0 Å². The van der Waals surface area contributed by atoms with Gasteiger partial charge in [-0.3, -0.25) is 0 Å². The molecule has 2 rings (SSSR count). The van der Waals surface area contributed by atoms with E-state index < -0.39 is 0 Å². The highest BCUT2D eigenvalue weighted by atomic mass is 16.5. The Morgan fingerprint density at radius 2 is 2.33 bits per heavy atom. The molecule has 0 spiro atoms. The van der Waals surface area contributed by atoms with Crippen LogP contribution in [0.1, 0.15) is 5.56 Å². The van der Waals surface area contributed by atoms with Gasteiger partial charge in [-0.1, -0.05) is 12.1 Å². The molecule has 0 amide bonds. The normalized spacial score (nSPS) is 21.7. The molecule has 1 saturated heterocycles. The van der Waals surface area contributed by atoms with Crippen molar-refractivity contribution in [2.24, 2.45) is 0 Å². The molecular formula is C12H18N2O. The van der Waals surface area contributed by atoms with Crippen LogP contribution in [0.5, 0.6) is 0 Å². The first-order valence-electron chi connectivity index (χ1n) is 5.38. The van der Waals surface area contributed by atoms with Gasteiger partial charge in [-0.15, -0.1) is 0 Å². The van der Waals surface area contributed by atoms with Gasteiger partial charge in [0.25, 0.3) is 0 Å². The third-order valence-electron chi connectivity index (χ3n) is 2.80. The summed E-state index contributed by atoms with van der Waals surface area (Å²) in [6.45, 7) is 5.04. The summed E-state index contributed by atoms with van der Waals surface area (Å²) in [6, 6.07) is 8.56. The fourth-order valence-corrected chi connectivity index (χ4v) is 1.99. The first kappa shape index (κ1) is 10.5. The molecule has 1 aromatic carbocycles. The molecular weight excluding hydrogens is 188 g/mol. The van der Waals surface area contributed by atoms with E-state index in [0.717, 1.165) is 19.6 Å². The van der Waals surface area contributed by atoms with E-state index in [4.69, 9.17) is 4.74 Å². The highest BCUT2D eigenvalue weighted by molar-refractivity contribution is 5.49. The second kappa shape index (κ2) is 4.64. The van der Waals surface area contributed by atoms with Crippen LogP contribution in [0.25, 0.3) is 0 Å². The van der Waals surface area contributed by atoms with Crippen molar-refractivity contribution in [3.63, 3.8) is 0 Å². The Bertz CT molecular complexity index is 327. The largest absolute Gasteiger partial charge is 0.360 e. The summed E-state index contributed by atoms with van der Waals surface area (Å²) in [5.41, 5.74) is 2.55. The minimum Gasteiger partial charge on any atom is -0.360 e. The predicted octanol–water partition coefficient (Wildman–Crippen LogP) is 1.38. The maximum absolute atomic E-state index is 5.46. The van der Waals surface area contributed by atoms with Gasteiger partial charge >= 0.3 is 0 Å². The molecule has 82 valence electrons. The van der Waals surface area contributed by atoms with Crippen LogP contribution in [0.3, 0.4) is 0 Å². The third kappa shape index (κ3) is 2.30. The fourth-order valence-electron chi connectivity index (χ4n) is 1.99. The summed E-state index contributed by atoms with van der Waals surface area (Å²) in [5, 5.41) is 3.33. The van der Waals surface area contributed by atoms with E-state index >= 15 is 0 Å². The summed E-state index contributed by atoms with van der Waals surface area (Å²) >= 11 is 0. The second-order valence-electron chi connectivity index (χ2n) is 3.93. The zero-order chi connectivity index (χ0) is 10.7. The number of nitrogens with zero attached hydrogens (tertiary/aromatic N) is 1. The number of hydrogen-bond acceptors (Lipinski definition) is 3. The number of benzene rings is 1. The average Bonchev–Trinajstić information content (AvgIpc) is 2.29. The number of piperazine rings is 1. The van der Waals surface area contributed by atoms with E-state index in [1.165, 1.54) is 11.3 Å². The molecule has 1 aromatic rings. The summed E-state index contributed by atoms with van der Waals surface area (Å²) in [4.78, 5) is 2.31. The van der Waals surface area contributed by atoms with Crippen molar-refractivity contribution in [2.45, 2.75) is 13.2 Å². The molecule has 0 aromatic heterocycles. The highest BCUT2D eigenvalue weighted by Crippen LogP contribution is 2.19. The molecule has 0 radical (unpaired) electrons. The molecule has 1 N–H and O–H groups in total. The van der Waals surface area contributed by atoms with Crippen molar-refractivity contribution >= 4 is 5.69 Å². The molecule has 3 heteroatoms. The zero-order valence-electron chi connectivity index (χ0n) is 9.36. The second-order valence-corrected chi connectivity index (χ2v) is 3.93. The molecule has 0 saturated carbocycles. The molecule has 1 unspecified atom stereocenters. The number of rotatable bonds is 2. The van der Waals surface area contributed by atoms with Crippen LogP contribution in [0.15, 0.2) is 24.3 Å². The Morgan fingerprint density at radius 3 is 3.07 bits per heavy atom. The van der Waals surface area contributed by atoms with Crippen molar-refractivity contribution in [2.75, 3.05) is 31.6 Å². The van der Waals surface area contributed by atoms with Gasteiger partial charge in [-0.25, -0.2) is 0 Å². The van der Waals surface area contributed by atoms with Crippen LogP contribution in [0.2, 0.25) is 0 Å². The molecule has 1 aliphatic heterocycles. The molecule has 1 aliphatic rings. The van der Waals surface area contributed by atoms with Gasteiger partial charge in [-0.05, 0) is 24.6 Å². The molecule has 0 aliphatic carbocycles. The Labute approximate surface area is 91.0 Å². The van der Waals surface area contributed by atoms with Crippen LogP contribution >= 0.6 is 0 Å². The van der Waals surface area contributed by atoms with Crippen molar-refractivity contribution < 1.29 is 4.74 Å². The molecule has 3 nitrogen and oxygen atoms in total. The van der Waals surface area contributed by atoms with E-state index in [0.29, 0.717) is 0 Å². The van der Waals surface area contributed by atoms with Crippen LogP contribution in [0, 0.1) is 6.92 Å². The number of methoxy groups -OCH3 is 1. The lowest BCUT2D eigenvalue weighted by atomic mass is 10.2. The fraction of sp³-hybridized carbons (Fsp3) is 0.500. The van der Waals surface area contributed by atoms with Gasteiger partial charge in [0.1, 0.15) is 6.23 Å². The lowest BCUT2D eigenvalue weighted by Crippen LogP contribution is -2.52. The Hall–Kier alpha value is -1.06. The van der Waals surface area contributed by atoms with Crippen LogP contribution < -0.4 is 10.2 Å². The smallest absolute Gasteiger partial charge is 0.142 e. The summed E-state index contributed by atoms with van der Waals surface area (Å²) < 4.78 is 5.46. The quantitative estimate of drug-likeness (QED) is 0.791. The molecule has 1 atom stereocenters. The summed E-state index contributed by atoms with van der Waals surface area (Å²) in [5.74, 6) is 0. The lowest BCUT2D eigenvalue weighted by Gasteiger charge is -2.36. The molecule has 0 bridgehead atoms. The predicted molar refractivity (Wildman–Crippen MR) is 62.2 cm³/mol. The first-order valence-corrected chi connectivity index (χ1v) is 5.38.